The van der Waals surface area contributed by atoms with E-state index in [1.807, 2.05) is 29.0 Å². The molecule has 0 saturated heterocycles. The van der Waals surface area contributed by atoms with Crippen LogP contribution < -0.4 is 5.32 Å². The third-order valence-corrected chi connectivity index (χ3v) is 7.62. The monoisotopic (exact) mass is 410 g/mol. The molecule has 1 aromatic carbocycles. The number of carbonyl (C=O) groups excluding carboxylic acids is 1. The fourth-order valence-corrected chi connectivity index (χ4v) is 5.80. The van der Waals surface area contributed by atoms with E-state index in [9.17, 15) is 4.79 Å². The highest BCUT2D eigenvalue weighted by Gasteiger charge is 2.31. The highest BCUT2D eigenvalue weighted by Crippen LogP contribution is 2.40. The zero-order valence-electron chi connectivity index (χ0n) is 16.6. The van der Waals surface area contributed by atoms with Gasteiger partial charge in [0.2, 0.25) is 0 Å². The highest BCUT2D eigenvalue weighted by atomic mass is 32.1. The lowest BCUT2D eigenvalue weighted by Crippen LogP contribution is -2.28. The minimum atomic E-state index is 0.0287. The van der Waals surface area contributed by atoms with Crippen molar-refractivity contribution in [3.05, 3.63) is 62.8 Å². The number of aromatic nitrogens is 1. The third kappa shape index (κ3) is 4.06. The number of hydrogen-bond acceptors (Lipinski definition) is 4. The van der Waals surface area contributed by atoms with Gasteiger partial charge in [-0.1, -0.05) is 51.1 Å². The van der Waals surface area contributed by atoms with E-state index < -0.39 is 0 Å². The van der Waals surface area contributed by atoms with Crippen LogP contribution in [0.5, 0.6) is 0 Å². The van der Waals surface area contributed by atoms with E-state index in [4.69, 9.17) is 0 Å². The molecule has 0 bridgehead atoms. The SMILES string of the molecule is CC(C)(C)C1CCc2c(C(=O)NCc3csc(-c4ccccc4)n3)csc2C1. The van der Waals surface area contributed by atoms with Crippen molar-refractivity contribution in [3.63, 3.8) is 0 Å². The lowest BCUT2D eigenvalue weighted by Gasteiger charge is -2.34. The van der Waals surface area contributed by atoms with Crippen LogP contribution >= 0.6 is 22.7 Å². The summed E-state index contributed by atoms with van der Waals surface area (Å²) in [5, 5.41) is 8.13. The van der Waals surface area contributed by atoms with Gasteiger partial charge < -0.3 is 5.32 Å². The summed E-state index contributed by atoms with van der Waals surface area (Å²) in [4.78, 5) is 18.8. The number of rotatable bonds is 4. The Morgan fingerprint density at radius 3 is 2.71 bits per heavy atom. The number of hydrogen-bond donors (Lipinski definition) is 1. The average Bonchev–Trinajstić information content (AvgIpc) is 3.33. The molecule has 1 atom stereocenters. The fraction of sp³-hybridized carbons (Fsp3) is 0.391. The molecule has 28 heavy (non-hydrogen) atoms. The molecule has 0 saturated carbocycles. The molecule has 3 aromatic rings. The average molecular weight is 411 g/mol. The van der Waals surface area contributed by atoms with Gasteiger partial charge in [0.25, 0.3) is 5.91 Å². The molecule has 1 amide bonds. The summed E-state index contributed by atoms with van der Waals surface area (Å²) in [6, 6.07) is 10.2. The summed E-state index contributed by atoms with van der Waals surface area (Å²) in [7, 11) is 0. The summed E-state index contributed by atoms with van der Waals surface area (Å²) in [6.07, 6.45) is 3.28. The van der Waals surface area contributed by atoms with Gasteiger partial charge in [-0.3, -0.25) is 4.79 Å². The van der Waals surface area contributed by atoms with Crippen molar-refractivity contribution in [1.82, 2.24) is 10.3 Å². The van der Waals surface area contributed by atoms with Gasteiger partial charge in [0.1, 0.15) is 5.01 Å². The molecule has 5 heteroatoms. The predicted octanol–water partition coefficient (Wildman–Crippen LogP) is 5.95. The summed E-state index contributed by atoms with van der Waals surface area (Å²) in [6.45, 7) is 7.43. The van der Waals surface area contributed by atoms with Crippen LogP contribution in [0, 0.1) is 11.3 Å². The van der Waals surface area contributed by atoms with Gasteiger partial charge in [-0.25, -0.2) is 4.98 Å². The van der Waals surface area contributed by atoms with E-state index in [-0.39, 0.29) is 5.91 Å². The fourth-order valence-electron chi connectivity index (χ4n) is 3.81. The van der Waals surface area contributed by atoms with Crippen LogP contribution in [0.4, 0.5) is 0 Å². The van der Waals surface area contributed by atoms with Crippen molar-refractivity contribution in [1.29, 1.82) is 0 Å². The summed E-state index contributed by atoms with van der Waals surface area (Å²) >= 11 is 3.37. The Bertz CT molecular complexity index is 966. The Balaban J connectivity index is 1.41. The molecule has 0 radical (unpaired) electrons. The smallest absolute Gasteiger partial charge is 0.252 e. The molecule has 1 aliphatic rings. The van der Waals surface area contributed by atoms with Crippen molar-refractivity contribution < 1.29 is 4.79 Å². The minimum Gasteiger partial charge on any atom is -0.346 e. The van der Waals surface area contributed by atoms with Crippen molar-refractivity contribution in [2.24, 2.45) is 11.3 Å². The lowest BCUT2D eigenvalue weighted by molar-refractivity contribution is 0.0949. The predicted molar refractivity (Wildman–Crippen MR) is 118 cm³/mol. The van der Waals surface area contributed by atoms with Crippen LogP contribution in [0.3, 0.4) is 0 Å². The van der Waals surface area contributed by atoms with Gasteiger partial charge >= 0.3 is 0 Å². The Labute approximate surface area is 174 Å². The second-order valence-electron chi connectivity index (χ2n) is 8.55. The number of carbonyl (C=O) groups is 1. The van der Waals surface area contributed by atoms with Crippen LogP contribution in [0.25, 0.3) is 10.6 Å². The van der Waals surface area contributed by atoms with E-state index in [0.717, 1.165) is 34.7 Å². The number of benzene rings is 1. The molecular formula is C23H26N2OS2. The standard InChI is InChI=1S/C23H26N2OS2/c1-23(2,3)16-9-10-18-19(14-27-20(18)11-16)21(26)24-12-17-13-28-22(25-17)15-7-5-4-6-8-15/h4-8,13-14,16H,9-12H2,1-3H3,(H,24,26). The van der Waals surface area contributed by atoms with E-state index in [2.05, 4.69) is 43.2 Å². The lowest BCUT2D eigenvalue weighted by atomic mass is 9.72. The molecular weight excluding hydrogens is 384 g/mol. The summed E-state index contributed by atoms with van der Waals surface area (Å²) in [5.41, 5.74) is 4.49. The highest BCUT2D eigenvalue weighted by molar-refractivity contribution is 7.13. The van der Waals surface area contributed by atoms with Crippen molar-refractivity contribution in [2.45, 2.75) is 46.6 Å². The quantitative estimate of drug-likeness (QED) is 0.577. The van der Waals surface area contributed by atoms with Crippen molar-refractivity contribution in [3.8, 4) is 10.6 Å². The van der Waals surface area contributed by atoms with Crippen LogP contribution in [0.2, 0.25) is 0 Å². The van der Waals surface area contributed by atoms with Crippen LogP contribution in [-0.4, -0.2) is 10.9 Å². The molecule has 1 unspecified atom stereocenters. The maximum absolute atomic E-state index is 12.8. The first-order valence-corrected chi connectivity index (χ1v) is 11.5. The second kappa shape index (κ2) is 7.80. The Kier molecular flexibility index (Phi) is 5.39. The third-order valence-electron chi connectivity index (χ3n) is 5.63. The molecule has 3 nitrogen and oxygen atoms in total. The van der Waals surface area contributed by atoms with Crippen molar-refractivity contribution >= 4 is 28.6 Å². The van der Waals surface area contributed by atoms with Gasteiger partial charge in [-0.05, 0) is 36.2 Å². The zero-order chi connectivity index (χ0) is 19.7. The Morgan fingerprint density at radius 1 is 1.18 bits per heavy atom. The normalized spacial score (nSPS) is 16.6. The number of fused-ring (bicyclic) bond motifs is 1. The zero-order valence-corrected chi connectivity index (χ0v) is 18.3. The van der Waals surface area contributed by atoms with Crippen LogP contribution in [0.15, 0.2) is 41.1 Å². The largest absolute Gasteiger partial charge is 0.346 e. The molecule has 1 N–H and O–H groups in total. The Hall–Kier alpha value is -1.98. The summed E-state index contributed by atoms with van der Waals surface area (Å²) < 4.78 is 0. The summed E-state index contributed by atoms with van der Waals surface area (Å²) in [5.74, 6) is 0.724. The maximum Gasteiger partial charge on any atom is 0.252 e. The first-order valence-electron chi connectivity index (χ1n) is 9.79. The first-order chi connectivity index (χ1) is 13.4. The van der Waals surface area contributed by atoms with Gasteiger partial charge in [0, 0.05) is 21.2 Å². The number of thiophene rings is 1. The Morgan fingerprint density at radius 2 is 1.96 bits per heavy atom. The molecule has 0 spiro atoms. The van der Waals surface area contributed by atoms with E-state index >= 15 is 0 Å². The number of nitrogens with one attached hydrogen (secondary N) is 1. The van der Waals surface area contributed by atoms with E-state index in [0.29, 0.717) is 17.9 Å². The molecule has 1 aliphatic carbocycles. The van der Waals surface area contributed by atoms with Gasteiger partial charge in [-0.2, -0.15) is 0 Å². The molecule has 0 aliphatic heterocycles. The van der Waals surface area contributed by atoms with Crippen LogP contribution in [-0.2, 0) is 19.4 Å². The first kappa shape index (κ1) is 19.3. The van der Waals surface area contributed by atoms with Crippen molar-refractivity contribution in [2.75, 3.05) is 0 Å². The van der Waals surface area contributed by atoms with Crippen LogP contribution in [0.1, 0.15) is 53.7 Å². The topological polar surface area (TPSA) is 42.0 Å². The van der Waals surface area contributed by atoms with E-state index in [1.165, 1.54) is 16.9 Å². The number of nitrogens with zero attached hydrogens (tertiary/aromatic N) is 1. The maximum atomic E-state index is 12.8. The van der Waals surface area contributed by atoms with Gasteiger partial charge in [-0.15, -0.1) is 22.7 Å². The second-order valence-corrected chi connectivity index (χ2v) is 10.4. The number of amides is 1. The minimum absolute atomic E-state index is 0.0287. The molecule has 4 rings (SSSR count). The molecule has 146 valence electrons. The molecule has 2 heterocycles. The van der Waals surface area contributed by atoms with E-state index in [1.54, 1.807) is 22.7 Å². The van der Waals surface area contributed by atoms with Gasteiger partial charge in [0.15, 0.2) is 0 Å². The molecule has 0 fully saturated rings. The van der Waals surface area contributed by atoms with Gasteiger partial charge in [0.05, 0.1) is 17.8 Å². The molecule has 2 aromatic heterocycles. The number of thiazole rings is 1.